The molecule has 0 aromatic heterocycles. The molecule has 4 aliphatic rings. The summed E-state index contributed by atoms with van der Waals surface area (Å²) >= 11 is 0. The van der Waals surface area contributed by atoms with Gasteiger partial charge in [0.25, 0.3) is 0 Å². The molecule has 0 radical (unpaired) electrons. The molecule has 2 heteroatoms. The molecule has 0 amide bonds. The zero-order valence-corrected chi connectivity index (χ0v) is 16.6. The van der Waals surface area contributed by atoms with Gasteiger partial charge in [-0.15, -0.1) is 0 Å². The van der Waals surface area contributed by atoms with Crippen molar-refractivity contribution in [2.24, 2.45) is 34.5 Å². The lowest BCUT2D eigenvalue weighted by Crippen LogP contribution is -2.51. The molecule has 4 aliphatic carbocycles. The molecule has 3 fully saturated rings. The minimum atomic E-state index is 0.275. The Morgan fingerprint density at radius 1 is 1.16 bits per heavy atom. The number of ether oxygens (including phenoxy) is 1. The molecular formula is C23H36O2. The van der Waals surface area contributed by atoms with Crippen LogP contribution in [0, 0.1) is 34.5 Å². The van der Waals surface area contributed by atoms with Gasteiger partial charge >= 0.3 is 0 Å². The van der Waals surface area contributed by atoms with Crippen molar-refractivity contribution in [3.05, 3.63) is 11.6 Å². The summed E-state index contributed by atoms with van der Waals surface area (Å²) < 4.78 is 5.96. The highest BCUT2D eigenvalue weighted by molar-refractivity contribution is 5.79. The summed E-state index contributed by atoms with van der Waals surface area (Å²) in [6.45, 7) is 9.79. The van der Waals surface area contributed by atoms with E-state index in [4.69, 9.17) is 4.74 Å². The number of carbonyl (C=O) groups excluding carboxylic acids is 1. The van der Waals surface area contributed by atoms with Crippen LogP contribution in [0.5, 0.6) is 0 Å². The third kappa shape index (κ3) is 2.58. The first-order valence-corrected chi connectivity index (χ1v) is 10.7. The van der Waals surface area contributed by atoms with E-state index in [1.807, 2.05) is 6.92 Å². The Morgan fingerprint density at radius 2 is 1.96 bits per heavy atom. The zero-order chi connectivity index (χ0) is 17.8. The molecule has 0 aromatic carbocycles. The summed E-state index contributed by atoms with van der Waals surface area (Å²) in [7, 11) is 0. The van der Waals surface area contributed by atoms with Crippen LogP contribution in [-0.2, 0) is 9.53 Å². The van der Waals surface area contributed by atoms with Gasteiger partial charge in [-0.1, -0.05) is 25.5 Å². The number of carbonyl (C=O) groups is 1. The monoisotopic (exact) mass is 344 g/mol. The zero-order valence-electron chi connectivity index (χ0n) is 16.6. The second-order valence-electron chi connectivity index (χ2n) is 9.86. The van der Waals surface area contributed by atoms with Gasteiger partial charge in [0.1, 0.15) is 5.78 Å². The second-order valence-corrected chi connectivity index (χ2v) is 9.86. The van der Waals surface area contributed by atoms with Gasteiger partial charge in [-0.05, 0) is 93.8 Å². The van der Waals surface area contributed by atoms with Crippen LogP contribution < -0.4 is 0 Å². The molecule has 0 spiro atoms. The average Bonchev–Trinajstić information content (AvgIpc) is 2.93. The van der Waals surface area contributed by atoms with Crippen molar-refractivity contribution in [1.82, 2.24) is 0 Å². The Bertz CT molecular complexity index is 579. The summed E-state index contributed by atoms with van der Waals surface area (Å²) in [6, 6.07) is 0. The highest BCUT2D eigenvalue weighted by atomic mass is 16.5. The van der Waals surface area contributed by atoms with Gasteiger partial charge in [0.2, 0.25) is 0 Å². The summed E-state index contributed by atoms with van der Waals surface area (Å²) in [4.78, 5) is 12.2. The smallest absolute Gasteiger partial charge is 0.133 e. The van der Waals surface area contributed by atoms with Crippen LogP contribution in [0.15, 0.2) is 11.6 Å². The molecule has 25 heavy (non-hydrogen) atoms. The first-order valence-electron chi connectivity index (χ1n) is 10.7. The van der Waals surface area contributed by atoms with E-state index in [1.165, 1.54) is 38.5 Å². The number of allylic oxidation sites excluding steroid dienone is 1. The van der Waals surface area contributed by atoms with Gasteiger partial charge in [0.15, 0.2) is 0 Å². The fourth-order valence-electron chi connectivity index (χ4n) is 7.67. The van der Waals surface area contributed by atoms with Crippen molar-refractivity contribution in [2.75, 3.05) is 6.61 Å². The Balaban J connectivity index is 1.60. The van der Waals surface area contributed by atoms with Gasteiger partial charge in [0.05, 0.1) is 6.10 Å². The third-order valence-corrected chi connectivity index (χ3v) is 8.95. The standard InChI is InChI=1S/C23H36O2/c1-5-25-17-10-12-22(3)16(14-17)6-7-18-20-9-8-19(15(2)24)23(20,4)13-11-21(18)22/h6,17-21H,5,7-14H2,1-4H3/t17?,18-,19+,20?,21?,22?,23+/m0/s1. The summed E-state index contributed by atoms with van der Waals surface area (Å²) in [5, 5.41) is 0. The van der Waals surface area contributed by atoms with Gasteiger partial charge in [0, 0.05) is 12.5 Å². The number of rotatable bonds is 3. The van der Waals surface area contributed by atoms with Crippen LogP contribution in [0.3, 0.4) is 0 Å². The molecule has 2 nitrogen and oxygen atoms in total. The van der Waals surface area contributed by atoms with E-state index in [1.54, 1.807) is 5.57 Å². The van der Waals surface area contributed by atoms with E-state index in [-0.39, 0.29) is 5.41 Å². The minimum Gasteiger partial charge on any atom is -0.378 e. The van der Waals surface area contributed by atoms with Gasteiger partial charge in [-0.25, -0.2) is 0 Å². The van der Waals surface area contributed by atoms with Crippen molar-refractivity contribution in [3.8, 4) is 0 Å². The Kier molecular flexibility index (Phi) is 4.42. The molecule has 0 N–H and O–H groups in total. The molecule has 0 heterocycles. The molecule has 0 aromatic rings. The maximum absolute atomic E-state index is 12.2. The summed E-state index contributed by atoms with van der Waals surface area (Å²) in [6.07, 6.45) is 13.0. The van der Waals surface area contributed by atoms with Crippen LogP contribution >= 0.6 is 0 Å². The molecule has 4 unspecified atom stereocenters. The second kappa shape index (κ2) is 6.22. The predicted octanol–water partition coefficient (Wildman–Crippen LogP) is 5.56. The van der Waals surface area contributed by atoms with Crippen LogP contribution in [0.2, 0.25) is 0 Å². The highest BCUT2D eigenvalue weighted by Crippen LogP contribution is 2.66. The van der Waals surface area contributed by atoms with Crippen molar-refractivity contribution in [1.29, 1.82) is 0 Å². The Hall–Kier alpha value is -0.630. The first kappa shape index (κ1) is 17.8. The number of Topliss-reactive ketones (excluding diaryl/α,β-unsaturated/α-hetero) is 1. The van der Waals surface area contributed by atoms with E-state index in [0.29, 0.717) is 23.2 Å². The number of hydrogen-bond donors (Lipinski definition) is 0. The number of ketones is 1. The first-order chi connectivity index (χ1) is 11.9. The fourth-order valence-corrected chi connectivity index (χ4v) is 7.67. The molecule has 4 rings (SSSR count). The SMILES string of the molecule is CCOC1CCC2(C)C(=CC[C@@H]3C2CC[C@@]2(C)C3CC[C@@H]2C(C)=O)C1. The minimum absolute atomic E-state index is 0.275. The van der Waals surface area contributed by atoms with Crippen molar-refractivity contribution >= 4 is 5.78 Å². The maximum Gasteiger partial charge on any atom is 0.133 e. The number of hydrogen-bond acceptors (Lipinski definition) is 2. The highest BCUT2D eigenvalue weighted by Gasteiger charge is 2.59. The van der Waals surface area contributed by atoms with E-state index in [0.717, 1.165) is 37.2 Å². The predicted molar refractivity (Wildman–Crippen MR) is 101 cm³/mol. The van der Waals surface area contributed by atoms with E-state index in [9.17, 15) is 4.79 Å². The van der Waals surface area contributed by atoms with Gasteiger partial charge in [-0.2, -0.15) is 0 Å². The third-order valence-electron chi connectivity index (χ3n) is 8.95. The van der Waals surface area contributed by atoms with Gasteiger partial charge < -0.3 is 4.74 Å². The van der Waals surface area contributed by atoms with E-state index in [2.05, 4.69) is 26.8 Å². The molecule has 0 bridgehead atoms. The fraction of sp³-hybridized carbons (Fsp3) is 0.870. The van der Waals surface area contributed by atoms with Crippen molar-refractivity contribution < 1.29 is 9.53 Å². The average molecular weight is 345 g/mol. The lowest BCUT2D eigenvalue weighted by Gasteiger charge is -2.58. The normalized spacial score (nSPS) is 49.0. The lowest BCUT2D eigenvalue weighted by molar-refractivity contribution is -0.127. The molecule has 140 valence electrons. The van der Waals surface area contributed by atoms with Crippen molar-refractivity contribution in [2.45, 2.75) is 85.2 Å². The molecular weight excluding hydrogens is 308 g/mol. The van der Waals surface area contributed by atoms with E-state index >= 15 is 0 Å². The molecule has 0 saturated heterocycles. The topological polar surface area (TPSA) is 26.3 Å². The maximum atomic E-state index is 12.2. The van der Waals surface area contributed by atoms with Crippen LogP contribution in [-0.4, -0.2) is 18.5 Å². The van der Waals surface area contributed by atoms with Crippen LogP contribution in [0.1, 0.15) is 79.1 Å². The molecule has 7 atom stereocenters. The lowest BCUT2D eigenvalue weighted by atomic mass is 9.47. The van der Waals surface area contributed by atoms with E-state index < -0.39 is 0 Å². The Morgan fingerprint density at radius 3 is 2.68 bits per heavy atom. The quantitative estimate of drug-likeness (QED) is 0.627. The van der Waals surface area contributed by atoms with Crippen LogP contribution in [0.4, 0.5) is 0 Å². The molecule has 3 saturated carbocycles. The van der Waals surface area contributed by atoms with Crippen LogP contribution in [0.25, 0.3) is 0 Å². The largest absolute Gasteiger partial charge is 0.378 e. The number of fused-ring (bicyclic) bond motifs is 5. The van der Waals surface area contributed by atoms with Gasteiger partial charge in [-0.3, -0.25) is 4.79 Å². The molecule has 0 aliphatic heterocycles. The summed E-state index contributed by atoms with van der Waals surface area (Å²) in [5.74, 6) is 3.17. The van der Waals surface area contributed by atoms with Crippen molar-refractivity contribution in [3.63, 3.8) is 0 Å². The Labute approximate surface area is 153 Å². The summed E-state index contributed by atoms with van der Waals surface area (Å²) in [5.41, 5.74) is 2.37.